The fourth-order valence-electron chi connectivity index (χ4n) is 1.97. The molecule has 2 atom stereocenters. The molecule has 0 rings (SSSR count). The maximum absolute atomic E-state index is 11.1. The molecule has 0 heterocycles. The van der Waals surface area contributed by atoms with Crippen LogP contribution in [0.2, 0.25) is 0 Å². The molecule has 0 aromatic heterocycles. The molecule has 0 unspecified atom stereocenters. The van der Waals surface area contributed by atoms with Gasteiger partial charge in [-0.1, -0.05) is 32.6 Å². The summed E-state index contributed by atoms with van der Waals surface area (Å²) in [4.78, 5) is 11.1. The normalized spacial score (nSPS) is 14.0. The first-order valence-corrected chi connectivity index (χ1v) is 7.71. The van der Waals surface area contributed by atoms with E-state index in [1.54, 1.807) is 0 Å². The van der Waals surface area contributed by atoms with Crippen molar-refractivity contribution in [1.82, 2.24) is 0 Å². The molecule has 3 N–H and O–H groups in total. The van der Waals surface area contributed by atoms with E-state index in [9.17, 15) is 4.79 Å². The number of esters is 1. The molecule has 0 aliphatic rings. The Kier molecular flexibility index (Phi) is 12.9. The number of rotatable bonds is 13. The molecule has 0 radical (unpaired) electrons. The van der Waals surface area contributed by atoms with Gasteiger partial charge in [-0.05, 0) is 12.8 Å². The monoisotopic (exact) mass is 289 g/mol. The number of unbranched alkanes of at least 4 members (excludes halogenated alkanes) is 4. The van der Waals surface area contributed by atoms with Crippen LogP contribution in [-0.4, -0.2) is 43.0 Å². The maximum Gasteiger partial charge on any atom is 0.302 e. The molecule has 0 amide bonds. The first-order chi connectivity index (χ1) is 9.60. The largest absolute Gasteiger partial charge is 0.462 e. The lowest BCUT2D eigenvalue weighted by Gasteiger charge is -2.17. The van der Waals surface area contributed by atoms with Gasteiger partial charge in [-0.3, -0.25) is 4.79 Å². The van der Waals surface area contributed by atoms with E-state index < -0.39 is 0 Å². The average Bonchev–Trinajstić information content (AvgIpc) is 2.42. The van der Waals surface area contributed by atoms with E-state index in [2.05, 4.69) is 6.92 Å². The van der Waals surface area contributed by atoms with Crippen LogP contribution in [0.15, 0.2) is 0 Å². The fourth-order valence-corrected chi connectivity index (χ4v) is 1.97. The molecule has 20 heavy (non-hydrogen) atoms. The van der Waals surface area contributed by atoms with Crippen molar-refractivity contribution in [2.75, 3.05) is 19.8 Å². The summed E-state index contributed by atoms with van der Waals surface area (Å²) >= 11 is 0. The number of carbonyl (C=O) groups is 1. The first kappa shape index (κ1) is 19.4. The van der Waals surface area contributed by atoms with E-state index in [0.717, 1.165) is 12.8 Å². The Morgan fingerprint density at radius 1 is 1.20 bits per heavy atom. The van der Waals surface area contributed by atoms with E-state index in [4.69, 9.17) is 20.3 Å². The number of ether oxygens (including phenoxy) is 2. The Morgan fingerprint density at radius 2 is 1.90 bits per heavy atom. The molecular formula is C15H31NO4. The standard InChI is InChI=1S/C15H31NO4/c1-3-4-5-6-7-8-15(20-13(2)18)9-10-19-12-14(16)11-17/h14-15,17H,3-12,16H2,1-2H3/t14-,15+/m0/s1. The van der Waals surface area contributed by atoms with Crippen molar-refractivity contribution < 1.29 is 19.4 Å². The zero-order valence-electron chi connectivity index (χ0n) is 13.0. The summed E-state index contributed by atoms with van der Waals surface area (Å²) in [5.41, 5.74) is 5.54. The number of hydrogen-bond acceptors (Lipinski definition) is 5. The van der Waals surface area contributed by atoms with Crippen LogP contribution in [0.1, 0.15) is 58.8 Å². The summed E-state index contributed by atoms with van der Waals surface area (Å²) in [5, 5.41) is 8.77. The molecule has 120 valence electrons. The van der Waals surface area contributed by atoms with E-state index >= 15 is 0 Å². The van der Waals surface area contributed by atoms with E-state index in [1.165, 1.54) is 32.6 Å². The first-order valence-electron chi connectivity index (χ1n) is 7.71. The van der Waals surface area contributed by atoms with Crippen molar-refractivity contribution in [2.45, 2.75) is 70.9 Å². The van der Waals surface area contributed by atoms with Gasteiger partial charge in [0.15, 0.2) is 0 Å². The third kappa shape index (κ3) is 12.4. The van der Waals surface area contributed by atoms with Crippen molar-refractivity contribution >= 4 is 5.97 Å². The van der Waals surface area contributed by atoms with Gasteiger partial charge in [-0.2, -0.15) is 0 Å². The molecule has 0 spiro atoms. The van der Waals surface area contributed by atoms with Crippen LogP contribution in [0.5, 0.6) is 0 Å². The third-order valence-corrected chi connectivity index (χ3v) is 3.11. The van der Waals surface area contributed by atoms with Crippen molar-refractivity contribution in [3.63, 3.8) is 0 Å². The molecule has 0 fully saturated rings. The van der Waals surface area contributed by atoms with Crippen LogP contribution in [-0.2, 0) is 14.3 Å². The van der Waals surface area contributed by atoms with Gasteiger partial charge < -0.3 is 20.3 Å². The van der Waals surface area contributed by atoms with Crippen LogP contribution in [0, 0.1) is 0 Å². The van der Waals surface area contributed by atoms with Gasteiger partial charge in [-0.25, -0.2) is 0 Å². The number of aliphatic hydroxyl groups excluding tert-OH is 1. The van der Waals surface area contributed by atoms with Gasteiger partial charge in [-0.15, -0.1) is 0 Å². The zero-order valence-corrected chi connectivity index (χ0v) is 13.0. The molecule has 0 saturated carbocycles. The van der Waals surface area contributed by atoms with Gasteiger partial charge >= 0.3 is 5.97 Å². The van der Waals surface area contributed by atoms with Crippen LogP contribution in [0.25, 0.3) is 0 Å². The smallest absolute Gasteiger partial charge is 0.302 e. The summed E-state index contributed by atoms with van der Waals surface area (Å²) in [7, 11) is 0. The Bertz CT molecular complexity index is 236. The lowest BCUT2D eigenvalue weighted by molar-refractivity contribution is -0.147. The number of nitrogens with two attached hydrogens (primary N) is 1. The Morgan fingerprint density at radius 3 is 2.50 bits per heavy atom. The quantitative estimate of drug-likeness (QED) is 0.400. The number of hydrogen-bond donors (Lipinski definition) is 2. The SMILES string of the molecule is CCCCCCC[C@H](CCOC[C@@H](N)CO)OC(C)=O. The predicted octanol–water partition coefficient (Wildman–Crippen LogP) is 2.00. The van der Waals surface area contributed by atoms with Crippen LogP contribution in [0.3, 0.4) is 0 Å². The topological polar surface area (TPSA) is 81.8 Å². The van der Waals surface area contributed by atoms with E-state index in [-0.39, 0.29) is 24.7 Å². The minimum Gasteiger partial charge on any atom is -0.462 e. The van der Waals surface area contributed by atoms with Crippen molar-refractivity contribution in [2.24, 2.45) is 5.73 Å². The summed E-state index contributed by atoms with van der Waals surface area (Å²) in [6, 6.07) is -0.337. The molecule has 0 aliphatic heterocycles. The Labute approximate surface area is 122 Å². The van der Waals surface area contributed by atoms with Gasteiger partial charge in [0.05, 0.1) is 25.9 Å². The second kappa shape index (κ2) is 13.3. The number of aliphatic hydroxyl groups is 1. The van der Waals surface area contributed by atoms with Gasteiger partial charge in [0.25, 0.3) is 0 Å². The van der Waals surface area contributed by atoms with E-state index in [0.29, 0.717) is 19.6 Å². The lowest BCUT2D eigenvalue weighted by Crippen LogP contribution is -2.30. The predicted molar refractivity (Wildman–Crippen MR) is 79.4 cm³/mol. The van der Waals surface area contributed by atoms with Crippen molar-refractivity contribution in [3.8, 4) is 0 Å². The molecule has 5 heteroatoms. The highest BCUT2D eigenvalue weighted by atomic mass is 16.5. The third-order valence-electron chi connectivity index (χ3n) is 3.11. The van der Waals surface area contributed by atoms with Gasteiger partial charge in [0, 0.05) is 13.3 Å². The second-order valence-corrected chi connectivity index (χ2v) is 5.24. The maximum atomic E-state index is 11.1. The average molecular weight is 289 g/mol. The molecule has 0 aliphatic carbocycles. The molecule has 0 aromatic rings. The Balaban J connectivity index is 3.75. The summed E-state index contributed by atoms with van der Waals surface area (Å²) < 4.78 is 10.7. The van der Waals surface area contributed by atoms with Gasteiger partial charge in [0.1, 0.15) is 6.10 Å². The molecule has 0 saturated heterocycles. The minimum atomic E-state index is -0.337. The van der Waals surface area contributed by atoms with E-state index in [1.807, 2.05) is 0 Å². The highest BCUT2D eigenvalue weighted by Gasteiger charge is 2.12. The van der Waals surface area contributed by atoms with Crippen LogP contribution < -0.4 is 5.73 Å². The fraction of sp³-hybridized carbons (Fsp3) is 0.933. The molecule has 5 nitrogen and oxygen atoms in total. The van der Waals surface area contributed by atoms with Crippen molar-refractivity contribution in [3.05, 3.63) is 0 Å². The molecule has 0 bridgehead atoms. The molecule has 0 aromatic carbocycles. The highest BCUT2D eigenvalue weighted by molar-refractivity contribution is 5.66. The Hall–Kier alpha value is -0.650. The summed E-state index contributed by atoms with van der Waals surface area (Å²) in [6.45, 7) is 4.38. The highest BCUT2D eigenvalue weighted by Crippen LogP contribution is 2.12. The summed E-state index contributed by atoms with van der Waals surface area (Å²) in [5.74, 6) is -0.240. The van der Waals surface area contributed by atoms with Crippen LogP contribution >= 0.6 is 0 Å². The van der Waals surface area contributed by atoms with Gasteiger partial charge in [0.2, 0.25) is 0 Å². The minimum absolute atomic E-state index is 0.0699. The zero-order chi connectivity index (χ0) is 15.2. The summed E-state index contributed by atoms with van der Waals surface area (Å²) in [6.07, 6.45) is 7.50. The second-order valence-electron chi connectivity index (χ2n) is 5.24. The molecular weight excluding hydrogens is 258 g/mol. The lowest BCUT2D eigenvalue weighted by atomic mass is 10.1. The number of carbonyl (C=O) groups excluding carboxylic acids is 1. The van der Waals surface area contributed by atoms with Crippen molar-refractivity contribution in [1.29, 1.82) is 0 Å². The van der Waals surface area contributed by atoms with Crippen LogP contribution in [0.4, 0.5) is 0 Å².